The summed E-state index contributed by atoms with van der Waals surface area (Å²) in [6.07, 6.45) is 0. The topological polar surface area (TPSA) is 75.3 Å². The molecule has 0 saturated heterocycles. The minimum atomic E-state index is -3.79. The molecule has 150 valence electrons. The Hall–Kier alpha value is -3.12. The van der Waals surface area contributed by atoms with Gasteiger partial charge in [0.2, 0.25) is 0 Å². The Morgan fingerprint density at radius 2 is 1.62 bits per heavy atom. The van der Waals surface area contributed by atoms with Gasteiger partial charge in [-0.3, -0.25) is 9.52 Å². The molecule has 1 amide bonds. The highest BCUT2D eigenvalue weighted by atomic mass is 32.2. The molecular formula is C23H24N2O3S. The van der Waals surface area contributed by atoms with Gasteiger partial charge in [0.1, 0.15) is 0 Å². The lowest BCUT2D eigenvalue weighted by Gasteiger charge is -2.17. The predicted octanol–water partition coefficient (Wildman–Crippen LogP) is 4.60. The van der Waals surface area contributed by atoms with Gasteiger partial charge < -0.3 is 5.32 Å². The highest BCUT2D eigenvalue weighted by Gasteiger charge is 2.18. The molecule has 0 radical (unpaired) electrons. The van der Waals surface area contributed by atoms with Gasteiger partial charge >= 0.3 is 0 Å². The molecule has 6 heteroatoms. The molecule has 0 aliphatic heterocycles. The first kappa shape index (κ1) is 20.6. The number of nitrogens with one attached hydrogen (secondary N) is 2. The van der Waals surface area contributed by atoms with Crippen LogP contribution in [0.15, 0.2) is 77.7 Å². The van der Waals surface area contributed by atoms with E-state index in [1.165, 1.54) is 12.1 Å². The van der Waals surface area contributed by atoms with Crippen molar-refractivity contribution in [2.75, 3.05) is 4.72 Å². The summed E-state index contributed by atoms with van der Waals surface area (Å²) in [5, 5.41) is 2.95. The molecule has 29 heavy (non-hydrogen) atoms. The standard InChI is InChI=1S/C23H24N2O3S/c1-16-12-13-22(17(2)14-16)18(3)24-23(26)19-8-7-11-21(15-19)29(27,28)25-20-9-5-4-6-10-20/h4-15,18,25H,1-3H3,(H,24,26). The number of carbonyl (C=O) groups is 1. The van der Waals surface area contributed by atoms with Crippen molar-refractivity contribution in [3.8, 4) is 0 Å². The van der Waals surface area contributed by atoms with Gasteiger partial charge in [-0.1, -0.05) is 48.0 Å². The van der Waals surface area contributed by atoms with Crippen LogP contribution in [0.25, 0.3) is 0 Å². The number of carbonyl (C=O) groups excluding carboxylic acids is 1. The van der Waals surface area contributed by atoms with Crippen molar-refractivity contribution in [1.82, 2.24) is 5.32 Å². The van der Waals surface area contributed by atoms with Crippen molar-refractivity contribution in [1.29, 1.82) is 0 Å². The van der Waals surface area contributed by atoms with E-state index in [1.807, 2.05) is 32.9 Å². The number of amides is 1. The first-order valence-corrected chi connectivity index (χ1v) is 10.8. The van der Waals surface area contributed by atoms with Crippen LogP contribution in [0.3, 0.4) is 0 Å². The van der Waals surface area contributed by atoms with E-state index in [9.17, 15) is 13.2 Å². The molecule has 3 aromatic carbocycles. The summed E-state index contributed by atoms with van der Waals surface area (Å²) in [5.41, 5.74) is 4.04. The summed E-state index contributed by atoms with van der Waals surface area (Å²) in [7, 11) is -3.79. The van der Waals surface area contributed by atoms with Crippen LogP contribution in [0.4, 0.5) is 5.69 Å². The number of benzene rings is 3. The number of aryl methyl sites for hydroxylation is 2. The summed E-state index contributed by atoms with van der Waals surface area (Å²) >= 11 is 0. The van der Waals surface area contributed by atoms with Crippen LogP contribution < -0.4 is 10.0 Å². The molecule has 0 aliphatic carbocycles. The maximum absolute atomic E-state index is 12.7. The highest BCUT2D eigenvalue weighted by Crippen LogP contribution is 2.20. The zero-order valence-corrected chi connectivity index (χ0v) is 17.5. The number of anilines is 1. The van der Waals surface area contributed by atoms with E-state index in [0.717, 1.165) is 16.7 Å². The van der Waals surface area contributed by atoms with Crippen LogP contribution >= 0.6 is 0 Å². The minimum Gasteiger partial charge on any atom is -0.346 e. The molecule has 0 saturated carbocycles. The molecule has 3 aromatic rings. The number of rotatable bonds is 6. The summed E-state index contributed by atoms with van der Waals surface area (Å²) in [6.45, 7) is 5.94. The van der Waals surface area contributed by atoms with E-state index in [-0.39, 0.29) is 22.4 Å². The van der Waals surface area contributed by atoms with Gasteiger partial charge in [-0.15, -0.1) is 0 Å². The van der Waals surface area contributed by atoms with Crippen LogP contribution in [0.1, 0.15) is 40.0 Å². The molecule has 2 N–H and O–H groups in total. The van der Waals surface area contributed by atoms with E-state index >= 15 is 0 Å². The van der Waals surface area contributed by atoms with E-state index in [0.29, 0.717) is 5.69 Å². The Labute approximate surface area is 171 Å². The van der Waals surface area contributed by atoms with Gasteiger partial charge in [-0.05, 0) is 62.2 Å². The summed E-state index contributed by atoms with van der Waals surface area (Å²) in [5.74, 6) is -0.325. The fraction of sp³-hybridized carbons (Fsp3) is 0.174. The molecule has 1 unspecified atom stereocenters. The molecule has 0 heterocycles. The van der Waals surface area contributed by atoms with Gasteiger partial charge in [0.15, 0.2) is 0 Å². The molecule has 5 nitrogen and oxygen atoms in total. The Morgan fingerprint density at radius 3 is 2.31 bits per heavy atom. The summed E-state index contributed by atoms with van der Waals surface area (Å²) < 4.78 is 27.8. The van der Waals surface area contributed by atoms with Gasteiger partial charge in [-0.2, -0.15) is 0 Å². The Kier molecular flexibility index (Phi) is 6.03. The van der Waals surface area contributed by atoms with Crippen LogP contribution in [0.5, 0.6) is 0 Å². The first-order chi connectivity index (χ1) is 13.8. The van der Waals surface area contributed by atoms with E-state index in [2.05, 4.69) is 16.1 Å². The van der Waals surface area contributed by atoms with Crippen LogP contribution in [-0.4, -0.2) is 14.3 Å². The SMILES string of the molecule is Cc1ccc(C(C)NC(=O)c2cccc(S(=O)(=O)Nc3ccccc3)c2)c(C)c1. The van der Waals surface area contributed by atoms with Crippen molar-refractivity contribution in [3.63, 3.8) is 0 Å². The van der Waals surface area contributed by atoms with Gasteiger partial charge in [0, 0.05) is 11.3 Å². The number of para-hydroxylation sites is 1. The molecule has 0 aromatic heterocycles. The maximum Gasteiger partial charge on any atom is 0.261 e. The van der Waals surface area contributed by atoms with Gasteiger partial charge in [0.25, 0.3) is 15.9 Å². The highest BCUT2D eigenvalue weighted by molar-refractivity contribution is 7.92. The zero-order valence-electron chi connectivity index (χ0n) is 16.6. The largest absolute Gasteiger partial charge is 0.346 e. The predicted molar refractivity (Wildman–Crippen MR) is 115 cm³/mol. The number of hydrogen-bond donors (Lipinski definition) is 2. The lowest BCUT2D eigenvalue weighted by molar-refractivity contribution is 0.0939. The Bertz CT molecular complexity index is 1130. The second kappa shape index (κ2) is 8.49. The molecule has 0 aliphatic rings. The fourth-order valence-corrected chi connectivity index (χ4v) is 4.30. The molecule has 1 atom stereocenters. The van der Waals surface area contributed by atoms with Crippen molar-refractivity contribution < 1.29 is 13.2 Å². The van der Waals surface area contributed by atoms with Crippen LogP contribution in [0, 0.1) is 13.8 Å². The Balaban J connectivity index is 1.78. The maximum atomic E-state index is 12.7. The number of hydrogen-bond acceptors (Lipinski definition) is 3. The molecule has 3 rings (SSSR count). The monoisotopic (exact) mass is 408 g/mol. The molecule has 0 spiro atoms. The van der Waals surface area contributed by atoms with Crippen molar-refractivity contribution in [2.45, 2.75) is 31.7 Å². The second-order valence-corrected chi connectivity index (χ2v) is 8.74. The lowest BCUT2D eigenvalue weighted by Crippen LogP contribution is -2.27. The molecule has 0 bridgehead atoms. The third-order valence-electron chi connectivity index (χ3n) is 4.67. The van der Waals surface area contributed by atoms with E-state index < -0.39 is 10.0 Å². The fourth-order valence-electron chi connectivity index (χ4n) is 3.19. The van der Waals surface area contributed by atoms with E-state index in [1.54, 1.807) is 42.5 Å². The van der Waals surface area contributed by atoms with Crippen molar-refractivity contribution in [3.05, 3.63) is 95.1 Å². The second-order valence-electron chi connectivity index (χ2n) is 7.05. The van der Waals surface area contributed by atoms with E-state index in [4.69, 9.17) is 0 Å². The summed E-state index contributed by atoms with van der Waals surface area (Å²) in [4.78, 5) is 12.8. The summed E-state index contributed by atoms with van der Waals surface area (Å²) in [6, 6.07) is 20.5. The normalized spacial score (nSPS) is 12.2. The van der Waals surface area contributed by atoms with Crippen molar-refractivity contribution >= 4 is 21.6 Å². The third kappa shape index (κ3) is 5.03. The first-order valence-electron chi connectivity index (χ1n) is 9.32. The van der Waals surface area contributed by atoms with Gasteiger partial charge in [-0.25, -0.2) is 8.42 Å². The average molecular weight is 409 g/mol. The molecule has 0 fully saturated rings. The van der Waals surface area contributed by atoms with Crippen molar-refractivity contribution in [2.24, 2.45) is 0 Å². The van der Waals surface area contributed by atoms with Crippen LogP contribution in [0.2, 0.25) is 0 Å². The minimum absolute atomic E-state index is 0.0353. The quantitative estimate of drug-likeness (QED) is 0.626. The van der Waals surface area contributed by atoms with Crippen LogP contribution in [-0.2, 0) is 10.0 Å². The average Bonchev–Trinajstić information content (AvgIpc) is 2.68. The smallest absolute Gasteiger partial charge is 0.261 e. The zero-order chi connectivity index (χ0) is 21.0. The lowest BCUT2D eigenvalue weighted by atomic mass is 10.00. The Morgan fingerprint density at radius 1 is 0.897 bits per heavy atom. The number of sulfonamides is 1. The third-order valence-corrected chi connectivity index (χ3v) is 6.05. The molecular weight excluding hydrogens is 384 g/mol. The van der Waals surface area contributed by atoms with Gasteiger partial charge in [0.05, 0.1) is 10.9 Å².